The second-order valence-corrected chi connectivity index (χ2v) is 8.74. The van der Waals surface area contributed by atoms with Gasteiger partial charge in [0.05, 0.1) is 17.1 Å². The maximum Gasteiger partial charge on any atom is 0.296 e. The zero-order chi connectivity index (χ0) is 22.3. The summed E-state index contributed by atoms with van der Waals surface area (Å²) >= 11 is 0. The molecular weight excluding hydrogens is 426 g/mol. The molecule has 32 heavy (non-hydrogen) atoms. The summed E-state index contributed by atoms with van der Waals surface area (Å²) in [5, 5.41) is 20.0. The van der Waals surface area contributed by atoms with Crippen LogP contribution in [0.2, 0.25) is 0 Å². The first-order chi connectivity index (χ1) is 15.4. The zero-order valence-corrected chi connectivity index (χ0v) is 17.5. The Morgan fingerprint density at radius 3 is 2.25 bits per heavy atom. The first-order valence-corrected chi connectivity index (χ1v) is 11.2. The number of rotatable bonds is 4. The molecule has 0 saturated carbocycles. The number of nitrogens with zero attached hydrogens (tertiary/aromatic N) is 3. The predicted molar refractivity (Wildman–Crippen MR) is 122 cm³/mol. The molecule has 1 aliphatic rings. The highest BCUT2D eigenvalue weighted by Gasteiger charge is 2.26. The van der Waals surface area contributed by atoms with Gasteiger partial charge in [0.2, 0.25) is 0 Å². The van der Waals surface area contributed by atoms with Crippen LogP contribution in [0, 0.1) is 0 Å². The fourth-order valence-corrected chi connectivity index (χ4v) is 4.49. The molecule has 0 unspecified atom stereocenters. The number of aromatic hydroxyl groups is 1. The van der Waals surface area contributed by atoms with Gasteiger partial charge in [-0.3, -0.25) is 9.55 Å². The fourth-order valence-electron chi connectivity index (χ4n) is 3.83. The van der Waals surface area contributed by atoms with Crippen LogP contribution in [0.25, 0.3) is 10.8 Å². The summed E-state index contributed by atoms with van der Waals surface area (Å²) in [5.41, 5.74) is 3.43. The minimum atomic E-state index is -4.66. The Morgan fingerprint density at radius 2 is 1.56 bits per heavy atom. The molecule has 2 N–H and O–H groups in total. The smallest absolute Gasteiger partial charge is 0.296 e. The first-order valence-electron chi connectivity index (χ1n) is 9.80. The van der Waals surface area contributed by atoms with Crippen molar-refractivity contribution < 1.29 is 18.1 Å². The minimum Gasteiger partial charge on any atom is -0.505 e. The van der Waals surface area contributed by atoms with Gasteiger partial charge in [0.25, 0.3) is 10.1 Å². The average Bonchev–Trinajstić information content (AvgIpc) is 3.23. The highest BCUT2D eigenvalue weighted by Crippen LogP contribution is 2.46. The number of aliphatic imine (C=N–C) groups is 1. The van der Waals surface area contributed by atoms with Gasteiger partial charge in [-0.1, -0.05) is 54.6 Å². The van der Waals surface area contributed by atoms with Crippen molar-refractivity contribution in [1.29, 1.82) is 0 Å². The van der Waals surface area contributed by atoms with Crippen LogP contribution < -0.4 is 0 Å². The normalized spacial score (nSPS) is 13.5. The molecule has 8 heteroatoms. The number of phenolic OH excluding ortho intramolecular Hbond substituents is 1. The quantitative estimate of drug-likeness (QED) is 0.303. The highest BCUT2D eigenvalue weighted by molar-refractivity contribution is 7.86. The Balaban J connectivity index is 1.69. The van der Waals surface area contributed by atoms with Crippen molar-refractivity contribution in [3.05, 3.63) is 90.0 Å². The third kappa shape index (κ3) is 3.55. The number of benzene rings is 4. The van der Waals surface area contributed by atoms with Crippen LogP contribution in [-0.4, -0.2) is 23.8 Å². The van der Waals surface area contributed by atoms with Gasteiger partial charge >= 0.3 is 0 Å². The van der Waals surface area contributed by atoms with Gasteiger partial charge in [0.15, 0.2) is 5.75 Å². The van der Waals surface area contributed by atoms with E-state index >= 15 is 0 Å². The zero-order valence-electron chi connectivity index (χ0n) is 16.7. The summed E-state index contributed by atoms with van der Waals surface area (Å²) in [4.78, 5) is 4.18. The molecule has 0 spiro atoms. The number of hydrogen-bond acceptors (Lipinski definition) is 6. The van der Waals surface area contributed by atoms with E-state index < -0.39 is 15.0 Å². The first kappa shape index (κ1) is 20.0. The van der Waals surface area contributed by atoms with Crippen LogP contribution in [-0.2, 0) is 16.5 Å². The molecule has 4 aromatic carbocycles. The third-order valence-electron chi connectivity index (χ3n) is 5.31. The van der Waals surface area contributed by atoms with E-state index in [1.54, 1.807) is 36.4 Å². The molecule has 0 aliphatic carbocycles. The molecule has 5 rings (SSSR count). The van der Waals surface area contributed by atoms with Crippen LogP contribution in [0.5, 0.6) is 5.75 Å². The summed E-state index contributed by atoms with van der Waals surface area (Å²) in [6.45, 7) is 0. The SMILES string of the molecule is O=S(=O)(O)c1cc2ccc3c(c2c(O)c1/N=N\c1ccccc1)CC(c1ccccc1)=N3. The van der Waals surface area contributed by atoms with Gasteiger partial charge in [-0.15, -0.1) is 5.11 Å². The molecule has 0 amide bonds. The summed E-state index contributed by atoms with van der Waals surface area (Å²) in [6, 6.07) is 23.1. The lowest BCUT2D eigenvalue weighted by Gasteiger charge is -2.12. The second kappa shape index (κ2) is 7.67. The van der Waals surface area contributed by atoms with Crippen molar-refractivity contribution in [3.8, 4) is 5.75 Å². The lowest BCUT2D eigenvalue weighted by atomic mass is 9.97. The van der Waals surface area contributed by atoms with E-state index in [1.165, 1.54) is 6.07 Å². The Hall–Kier alpha value is -3.88. The van der Waals surface area contributed by atoms with Crippen molar-refractivity contribution in [1.82, 2.24) is 0 Å². The molecule has 0 atom stereocenters. The van der Waals surface area contributed by atoms with Crippen molar-refractivity contribution in [2.45, 2.75) is 11.3 Å². The molecule has 0 bridgehead atoms. The van der Waals surface area contributed by atoms with Crippen LogP contribution in [0.15, 0.2) is 99.0 Å². The summed E-state index contributed by atoms with van der Waals surface area (Å²) in [7, 11) is -4.66. The van der Waals surface area contributed by atoms with Gasteiger partial charge in [-0.25, -0.2) is 0 Å². The van der Waals surface area contributed by atoms with E-state index in [0.717, 1.165) is 16.8 Å². The van der Waals surface area contributed by atoms with E-state index in [-0.39, 0.29) is 11.4 Å². The molecule has 1 heterocycles. The van der Waals surface area contributed by atoms with Crippen molar-refractivity contribution in [2.75, 3.05) is 0 Å². The van der Waals surface area contributed by atoms with Crippen molar-refractivity contribution >= 4 is 43.7 Å². The monoisotopic (exact) mass is 443 g/mol. The average molecular weight is 443 g/mol. The molecule has 158 valence electrons. The fraction of sp³-hybridized carbons (Fsp3) is 0.0417. The molecule has 7 nitrogen and oxygen atoms in total. The summed E-state index contributed by atoms with van der Waals surface area (Å²) in [5.74, 6) is -0.365. The molecule has 0 saturated heterocycles. The van der Waals surface area contributed by atoms with Crippen LogP contribution in [0.4, 0.5) is 17.1 Å². The van der Waals surface area contributed by atoms with E-state index in [9.17, 15) is 18.1 Å². The van der Waals surface area contributed by atoms with Crippen LogP contribution in [0.1, 0.15) is 11.1 Å². The number of phenols is 1. The molecule has 0 fully saturated rings. The van der Waals surface area contributed by atoms with Gasteiger partial charge in [0.1, 0.15) is 10.6 Å². The van der Waals surface area contributed by atoms with E-state index in [4.69, 9.17) is 4.99 Å². The molecule has 1 aliphatic heterocycles. The summed E-state index contributed by atoms with van der Waals surface area (Å²) < 4.78 is 33.9. The molecular formula is C24H17N3O4S. The second-order valence-electron chi connectivity index (χ2n) is 7.35. The third-order valence-corrected chi connectivity index (χ3v) is 6.17. The van der Waals surface area contributed by atoms with E-state index in [0.29, 0.717) is 28.6 Å². The maximum absolute atomic E-state index is 12.1. The minimum absolute atomic E-state index is 0.314. The lowest BCUT2D eigenvalue weighted by Crippen LogP contribution is -2.01. The lowest BCUT2D eigenvalue weighted by molar-refractivity contribution is 0.472. The van der Waals surface area contributed by atoms with Gasteiger partial charge in [-0.05, 0) is 40.8 Å². The Bertz CT molecular complexity index is 1510. The predicted octanol–water partition coefficient (Wildman–Crippen LogP) is 5.88. The molecule has 4 aromatic rings. The number of hydrogen-bond donors (Lipinski definition) is 2. The number of fused-ring (bicyclic) bond motifs is 3. The van der Waals surface area contributed by atoms with Crippen molar-refractivity contribution in [2.24, 2.45) is 15.2 Å². The maximum atomic E-state index is 12.1. The van der Waals surface area contributed by atoms with Gasteiger partial charge < -0.3 is 5.11 Å². The molecule has 0 aromatic heterocycles. The Labute approximate surface area is 184 Å². The Kier molecular flexibility index (Phi) is 4.80. The summed E-state index contributed by atoms with van der Waals surface area (Å²) in [6.07, 6.45) is 0.463. The van der Waals surface area contributed by atoms with Gasteiger partial charge in [0, 0.05) is 11.8 Å². The van der Waals surface area contributed by atoms with Crippen LogP contribution in [0.3, 0.4) is 0 Å². The highest BCUT2D eigenvalue weighted by atomic mass is 32.2. The molecule has 0 radical (unpaired) electrons. The van der Waals surface area contributed by atoms with E-state index in [2.05, 4.69) is 10.2 Å². The van der Waals surface area contributed by atoms with Gasteiger partial charge in [-0.2, -0.15) is 13.5 Å². The topological polar surface area (TPSA) is 112 Å². The van der Waals surface area contributed by atoms with Crippen LogP contribution >= 0.6 is 0 Å². The standard InChI is InChI=1S/C24H17N3O4S/c28-24-22-16(11-12-19-18(22)14-20(25-19)15-7-3-1-4-8-15)13-21(32(29,30)31)23(24)27-26-17-9-5-2-6-10-17/h1-13,28H,14H2,(H,29,30,31)/b27-26-. The van der Waals surface area contributed by atoms with Crippen molar-refractivity contribution in [3.63, 3.8) is 0 Å². The van der Waals surface area contributed by atoms with E-state index in [1.807, 2.05) is 36.4 Å². The largest absolute Gasteiger partial charge is 0.505 e. The Morgan fingerprint density at radius 1 is 0.875 bits per heavy atom. The number of azo groups is 1.